The van der Waals surface area contributed by atoms with Crippen molar-refractivity contribution in [1.29, 1.82) is 0 Å². The Kier molecular flexibility index (Phi) is 8.34. The van der Waals surface area contributed by atoms with Gasteiger partial charge in [0.1, 0.15) is 0 Å². The molecular formula is C26H31F3N6O3. The lowest BCUT2D eigenvalue weighted by atomic mass is 10.0. The van der Waals surface area contributed by atoms with E-state index < -0.39 is 18.0 Å². The Hall–Kier alpha value is -3.48. The minimum absolute atomic E-state index is 0.0950. The van der Waals surface area contributed by atoms with Gasteiger partial charge in [-0.2, -0.15) is 13.2 Å². The topological polar surface area (TPSA) is 95.9 Å². The molecule has 38 heavy (non-hydrogen) atoms. The first-order valence-corrected chi connectivity index (χ1v) is 12.1. The molecule has 0 saturated carbocycles. The molecule has 1 fully saturated rings. The van der Waals surface area contributed by atoms with Crippen molar-refractivity contribution >= 4 is 11.5 Å². The third-order valence-electron chi connectivity index (χ3n) is 6.05. The van der Waals surface area contributed by atoms with Crippen LogP contribution in [0.25, 0.3) is 11.3 Å². The summed E-state index contributed by atoms with van der Waals surface area (Å²) < 4.78 is 51.4. The van der Waals surface area contributed by atoms with E-state index in [4.69, 9.17) is 14.5 Å². The van der Waals surface area contributed by atoms with E-state index in [0.29, 0.717) is 72.7 Å². The predicted molar refractivity (Wildman–Crippen MR) is 137 cm³/mol. The molecule has 204 valence electrons. The number of nitrogens with zero attached hydrogens (tertiary/aromatic N) is 5. The van der Waals surface area contributed by atoms with Gasteiger partial charge in [-0.15, -0.1) is 0 Å². The summed E-state index contributed by atoms with van der Waals surface area (Å²) in [5, 5.41) is 13.7. The van der Waals surface area contributed by atoms with Crippen LogP contribution in [0, 0.1) is 6.92 Å². The minimum Gasteiger partial charge on any atom is -0.478 e. The molecule has 12 heteroatoms. The van der Waals surface area contributed by atoms with Gasteiger partial charge in [-0.25, -0.2) is 9.97 Å². The van der Waals surface area contributed by atoms with Gasteiger partial charge in [0.05, 0.1) is 49.7 Å². The average molecular weight is 533 g/mol. The number of methoxy groups -OCH3 is 1. The van der Waals surface area contributed by atoms with Gasteiger partial charge in [-0.1, -0.05) is 0 Å². The number of pyridine rings is 1. The Labute approximate surface area is 219 Å². The Morgan fingerprint density at radius 2 is 1.87 bits per heavy atom. The fourth-order valence-electron chi connectivity index (χ4n) is 4.23. The van der Waals surface area contributed by atoms with Crippen LogP contribution in [0.5, 0.6) is 5.88 Å². The summed E-state index contributed by atoms with van der Waals surface area (Å²) in [5.41, 5.74) is 2.00. The molecule has 0 amide bonds. The molecule has 3 heterocycles. The third kappa shape index (κ3) is 6.50. The molecule has 0 aliphatic carbocycles. The van der Waals surface area contributed by atoms with Crippen molar-refractivity contribution in [3.05, 3.63) is 59.0 Å². The monoisotopic (exact) mass is 532 g/mol. The number of aromatic nitrogens is 3. The number of hydrogen-bond donors (Lipinski definition) is 2. The van der Waals surface area contributed by atoms with Crippen molar-refractivity contribution in [2.75, 3.05) is 57.7 Å². The predicted octanol–water partition coefficient (Wildman–Crippen LogP) is 3.88. The average Bonchev–Trinajstić information content (AvgIpc) is 2.89. The number of anilines is 2. The lowest BCUT2D eigenvalue weighted by molar-refractivity contribution is -0.137. The van der Waals surface area contributed by atoms with Crippen molar-refractivity contribution in [1.82, 2.24) is 19.9 Å². The Balaban J connectivity index is 1.64. The molecule has 0 radical (unpaired) electrons. The summed E-state index contributed by atoms with van der Waals surface area (Å²) >= 11 is 0. The highest BCUT2D eigenvalue weighted by Crippen LogP contribution is 2.34. The highest BCUT2D eigenvalue weighted by molar-refractivity contribution is 5.68. The third-order valence-corrected chi connectivity index (χ3v) is 6.05. The van der Waals surface area contributed by atoms with Gasteiger partial charge >= 0.3 is 6.18 Å². The van der Waals surface area contributed by atoms with Crippen molar-refractivity contribution in [2.45, 2.75) is 25.9 Å². The summed E-state index contributed by atoms with van der Waals surface area (Å²) in [4.78, 5) is 17.4. The molecule has 1 atom stereocenters. The van der Waals surface area contributed by atoms with Crippen molar-refractivity contribution in [3.8, 4) is 17.1 Å². The molecule has 2 aromatic heterocycles. The second-order valence-corrected chi connectivity index (χ2v) is 9.29. The SMILES string of the molecule is COc1ncc(-c2cc(NC(O)c3cc(CN(C)C)cc(C(F)(F)F)c3)cnc2C)nc1N1CCOCC1. The van der Waals surface area contributed by atoms with Gasteiger partial charge < -0.3 is 29.7 Å². The van der Waals surface area contributed by atoms with E-state index in [-0.39, 0.29) is 5.56 Å². The number of alkyl halides is 3. The Morgan fingerprint density at radius 3 is 2.53 bits per heavy atom. The Morgan fingerprint density at radius 1 is 1.13 bits per heavy atom. The lowest BCUT2D eigenvalue weighted by Gasteiger charge is -2.28. The maximum atomic E-state index is 13.5. The smallest absolute Gasteiger partial charge is 0.416 e. The highest BCUT2D eigenvalue weighted by atomic mass is 19.4. The first-order chi connectivity index (χ1) is 18.0. The number of aliphatic hydroxyl groups is 1. The fourth-order valence-corrected chi connectivity index (χ4v) is 4.23. The molecule has 9 nitrogen and oxygen atoms in total. The maximum absolute atomic E-state index is 13.5. The summed E-state index contributed by atoms with van der Waals surface area (Å²) in [6.45, 7) is 4.54. The Bertz CT molecular complexity index is 1270. The molecule has 1 aliphatic rings. The number of morpholine rings is 1. The quantitative estimate of drug-likeness (QED) is 0.419. The van der Waals surface area contributed by atoms with Crippen LogP contribution in [0.15, 0.2) is 36.7 Å². The molecule has 2 N–H and O–H groups in total. The van der Waals surface area contributed by atoms with Gasteiger partial charge in [0, 0.05) is 36.5 Å². The van der Waals surface area contributed by atoms with Crippen molar-refractivity contribution in [2.24, 2.45) is 0 Å². The zero-order valence-electron chi connectivity index (χ0n) is 21.7. The van der Waals surface area contributed by atoms with Gasteiger partial charge in [0.2, 0.25) is 0 Å². The van der Waals surface area contributed by atoms with E-state index in [2.05, 4.69) is 15.3 Å². The molecule has 1 unspecified atom stereocenters. The summed E-state index contributed by atoms with van der Waals surface area (Å²) in [6, 6.07) is 5.33. The molecule has 4 rings (SSSR count). The van der Waals surface area contributed by atoms with E-state index in [1.807, 2.05) is 11.8 Å². The van der Waals surface area contributed by atoms with E-state index in [9.17, 15) is 18.3 Å². The number of rotatable bonds is 8. The fraction of sp³-hybridized carbons (Fsp3) is 0.423. The van der Waals surface area contributed by atoms with Crippen LogP contribution in [0.2, 0.25) is 0 Å². The lowest BCUT2D eigenvalue weighted by Crippen LogP contribution is -2.37. The van der Waals surface area contributed by atoms with Crippen LogP contribution in [0.4, 0.5) is 24.7 Å². The largest absolute Gasteiger partial charge is 0.478 e. The number of ether oxygens (including phenoxy) is 2. The van der Waals surface area contributed by atoms with Crippen LogP contribution >= 0.6 is 0 Å². The van der Waals surface area contributed by atoms with E-state index in [1.165, 1.54) is 13.3 Å². The summed E-state index contributed by atoms with van der Waals surface area (Å²) in [5.74, 6) is 0.979. The van der Waals surface area contributed by atoms with Gasteiger partial charge in [0.25, 0.3) is 5.88 Å². The normalized spacial score (nSPS) is 15.0. The molecule has 1 aromatic carbocycles. The maximum Gasteiger partial charge on any atom is 0.416 e. The van der Waals surface area contributed by atoms with Crippen LogP contribution in [0.1, 0.15) is 28.6 Å². The number of halogens is 3. The second-order valence-electron chi connectivity index (χ2n) is 9.29. The first kappa shape index (κ1) is 27.6. The second kappa shape index (κ2) is 11.5. The number of nitrogens with one attached hydrogen (secondary N) is 1. The summed E-state index contributed by atoms with van der Waals surface area (Å²) in [7, 11) is 5.06. The first-order valence-electron chi connectivity index (χ1n) is 12.1. The minimum atomic E-state index is -4.54. The van der Waals surface area contributed by atoms with Crippen LogP contribution in [0.3, 0.4) is 0 Å². The van der Waals surface area contributed by atoms with E-state index in [0.717, 1.165) is 12.1 Å². The number of aliphatic hydroxyl groups excluding tert-OH is 1. The molecule has 0 bridgehead atoms. The van der Waals surface area contributed by atoms with Crippen LogP contribution < -0.4 is 15.0 Å². The molecule has 1 aliphatic heterocycles. The number of hydrogen-bond acceptors (Lipinski definition) is 9. The molecular weight excluding hydrogens is 501 g/mol. The van der Waals surface area contributed by atoms with Gasteiger partial charge in [0.15, 0.2) is 12.0 Å². The zero-order valence-corrected chi connectivity index (χ0v) is 21.7. The zero-order chi connectivity index (χ0) is 27.4. The molecule has 0 spiro atoms. The van der Waals surface area contributed by atoms with Crippen LogP contribution in [-0.4, -0.2) is 72.5 Å². The summed E-state index contributed by atoms with van der Waals surface area (Å²) in [6.07, 6.45) is -2.86. The number of aryl methyl sites for hydroxylation is 1. The van der Waals surface area contributed by atoms with Gasteiger partial charge in [-0.3, -0.25) is 4.98 Å². The highest BCUT2D eigenvalue weighted by Gasteiger charge is 2.32. The van der Waals surface area contributed by atoms with Crippen molar-refractivity contribution in [3.63, 3.8) is 0 Å². The molecule has 1 saturated heterocycles. The van der Waals surface area contributed by atoms with E-state index in [1.54, 1.807) is 37.3 Å². The van der Waals surface area contributed by atoms with Gasteiger partial charge in [-0.05, 0) is 50.8 Å². The number of benzene rings is 1. The standard InChI is InChI=1S/C26H31F3N6O3/c1-16-21(22-14-31-25(37-4)23(33-22)35-5-7-38-8-6-35)12-20(13-30-16)32-24(36)18-9-17(15-34(2)3)10-19(11-18)26(27,28)29/h9-14,24,32,36H,5-8,15H2,1-4H3. The van der Waals surface area contributed by atoms with Crippen molar-refractivity contribution < 1.29 is 27.8 Å². The molecule has 3 aromatic rings. The van der Waals surface area contributed by atoms with Crippen LogP contribution in [-0.2, 0) is 17.5 Å². The van der Waals surface area contributed by atoms with E-state index >= 15 is 0 Å².